The van der Waals surface area contributed by atoms with Crippen molar-refractivity contribution in [2.45, 2.75) is 96.6 Å². The van der Waals surface area contributed by atoms with Crippen molar-refractivity contribution in [1.82, 2.24) is 25.0 Å². The Bertz CT molecular complexity index is 1160. The minimum absolute atomic E-state index is 0.0207. The van der Waals surface area contributed by atoms with Crippen LogP contribution in [-0.4, -0.2) is 50.4 Å². The molecular weight excluding hydrogens is 508 g/mol. The van der Waals surface area contributed by atoms with E-state index in [1.807, 2.05) is 18.4 Å². The van der Waals surface area contributed by atoms with E-state index in [1.54, 1.807) is 0 Å². The van der Waals surface area contributed by atoms with E-state index in [4.69, 9.17) is 0 Å². The van der Waals surface area contributed by atoms with Gasteiger partial charge in [0.15, 0.2) is 5.78 Å². The van der Waals surface area contributed by atoms with Gasteiger partial charge in [0.1, 0.15) is 11.6 Å². The molecule has 10 heteroatoms. The van der Waals surface area contributed by atoms with Gasteiger partial charge in [-0.25, -0.2) is 8.78 Å². The largest absolute Gasteiger partial charge is 0.375 e. The van der Waals surface area contributed by atoms with Crippen molar-refractivity contribution in [1.29, 1.82) is 0 Å². The SMILES string of the molecule is C=C1CC(n2c(C)nnc2C(C)C)CCN1CC[C@H](NC(=O)C1CCC(F)(F)CC1)c1cc(C(C)=O)cs1. The molecule has 4 rings (SSSR count). The zero-order valence-electron chi connectivity index (χ0n) is 22.8. The molecule has 3 heterocycles. The Morgan fingerprint density at radius 2 is 1.95 bits per heavy atom. The number of aromatic nitrogens is 3. The summed E-state index contributed by atoms with van der Waals surface area (Å²) in [7, 11) is 0. The third kappa shape index (κ3) is 6.50. The average molecular weight is 548 g/mol. The summed E-state index contributed by atoms with van der Waals surface area (Å²) in [4.78, 5) is 28.2. The summed E-state index contributed by atoms with van der Waals surface area (Å²) in [5, 5.41) is 13.6. The van der Waals surface area contributed by atoms with Gasteiger partial charge in [-0.1, -0.05) is 20.4 Å². The van der Waals surface area contributed by atoms with Gasteiger partial charge in [-0.2, -0.15) is 0 Å². The molecule has 208 valence electrons. The Labute approximate surface area is 227 Å². The summed E-state index contributed by atoms with van der Waals surface area (Å²) in [6.45, 7) is 13.7. The predicted octanol–water partition coefficient (Wildman–Crippen LogP) is 6.20. The molecule has 1 aliphatic carbocycles. The summed E-state index contributed by atoms with van der Waals surface area (Å²) in [5.41, 5.74) is 1.66. The van der Waals surface area contributed by atoms with Crippen LogP contribution < -0.4 is 5.32 Å². The maximum Gasteiger partial charge on any atom is 0.248 e. The fourth-order valence-corrected chi connectivity index (χ4v) is 6.60. The number of ketones is 1. The molecular formula is C28H39F2N5O2S. The molecule has 7 nitrogen and oxygen atoms in total. The molecule has 0 radical (unpaired) electrons. The van der Waals surface area contributed by atoms with E-state index < -0.39 is 11.8 Å². The van der Waals surface area contributed by atoms with Gasteiger partial charge in [0.25, 0.3) is 0 Å². The molecule has 38 heavy (non-hydrogen) atoms. The first-order chi connectivity index (χ1) is 17.9. The minimum atomic E-state index is -2.67. The Morgan fingerprint density at radius 3 is 2.55 bits per heavy atom. The number of allylic oxidation sites excluding steroid dienone is 1. The Balaban J connectivity index is 1.41. The first-order valence-corrected chi connectivity index (χ1v) is 14.4. The number of hydrogen-bond donors (Lipinski definition) is 1. The maximum absolute atomic E-state index is 13.6. The van der Waals surface area contributed by atoms with E-state index in [9.17, 15) is 18.4 Å². The number of piperidine rings is 1. The van der Waals surface area contributed by atoms with Crippen LogP contribution in [0.1, 0.15) is 111 Å². The van der Waals surface area contributed by atoms with Crippen molar-refractivity contribution in [3.8, 4) is 0 Å². The monoisotopic (exact) mass is 547 g/mol. The topological polar surface area (TPSA) is 80.1 Å². The van der Waals surface area contributed by atoms with Crippen molar-refractivity contribution < 1.29 is 18.4 Å². The fraction of sp³-hybridized carbons (Fsp3) is 0.643. The number of alkyl halides is 2. The van der Waals surface area contributed by atoms with Crippen molar-refractivity contribution in [3.05, 3.63) is 45.8 Å². The summed E-state index contributed by atoms with van der Waals surface area (Å²) in [5.74, 6) is -1.07. The van der Waals surface area contributed by atoms with Crippen LogP contribution in [0.3, 0.4) is 0 Å². The number of carbonyl (C=O) groups is 2. The molecule has 0 spiro atoms. The van der Waals surface area contributed by atoms with Crippen molar-refractivity contribution >= 4 is 23.0 Å². The lowest BCUT2D eigenvalue weighted by Crippen LogP contribution is -2.39. The van der Waals surface area contributed by atoms with Gasteiger partial charge in [-0.3, -0.25) is 9.59 Å². The highest BCUT2D eigenvalue weighted by Crippen LogP contribution is 2.37. The predicted molar refractivity (Wildman–Crippen MR) is 145 cm³/mol. The number of nitrogens with zero attached hydrogens (tertiary/aromatic N) is 4. The number of carbonyl (C=O) groups excluding carboxylic acids is 2. The van der Waals surface area contributed by atoms with Crippen LogP contribution >= 0.6 is 11.3 Å². The second-order valence-electron chi connectivity index (χ2n) is 11.1. The summed E-state index contributed by atoms with van der Waals surface area (Å²) in [6.07, 6.45) is 2.28. The molecule has 2 aliphatic rings. The lowest BCUT2D eigenvalue weighted by molar-refractivity contribution is -0.130. The van der Waals surface area contributed by atoms with Gasteiger partial charge in [-0.05, 0) is 45.6 Å². The highest BCUT2D eigenvalue weighted by atomic mass is 32.1. The minimum Gasteiger partial charge on any atom is -0.375 e. The molecule has 0 bridgehead atoms. The van der Waals surface area contributed by atoms with E-state index in [2.05, 4.69) is 45.4 Å². The van der Waals surface area contributed by atoms with Crippen LogP contribution in [0.25, 0.3) is 0 Å². The standard InChI is InChI=1S/C28H39F2N5O2S/c1-17(2)26-33-32-20(5)35(26)23-8-12-34(18(3)14-23)13-9-24(25-15-22(16-38-25)19(4)36)31-27(37)21-6-10-28(29,30)11-7-21/h15-17,21,23-24H,3,6-14H2,1-2,4-5H3,(H,31,37)/t23?,24-/m0/s1. The van der Waals surface area contributed by atoms with Gasteiger partial charge in [0.05, 0.1) is 6.04 Å². The van der Waals surface area contributed by atoms with E-state index >= 15 is 0 Å². The quantitative estimate of drug-likeness (QED) is 0.378. The molecule has 2 atom stereocenters. The van der Waals surface area contributed by atoms with Crippen LogP contribution in [-0.2, 0) is 4.79 Å². The molecule has 1 unspecified atom stereocenters. The highest BCUT2D eigenvalue weighted by molar-refractivity contribution is 7.10. The summed E-state index contributed by atoms with van der Waals surface area (Å²) < 4.78 is 29.5. The zero-order chi connectivity index (χ0) is 27.6. The normalized spacial score (nSPS) is 21.1. The van der Waals surface area contributed by atoms with Crippen molar-refractivity contribution in [2.75, 3.05) is 13.1 Å². The number of halogens is 2. The van der Waals surface area contributed by atoms with E-state index in [0.29, 0.717) is 18.5 Å². The third-order valence-electron chi connectivity index (χ3n) is 7.89. The molecule has 1 amide bonds. The second-order valence-corrected chi connectivity index (χ2v) is 12.0. The van der Waals surface area contributed by atoms with Gasteiger partial charge in [0, 0.05) is 71.7 Å². The smallest absolute Gasteiger partial charge is 0.248 e. The Hall–Kier alpha value is -2.62. The Kier molecular flexibility index (Phi) is 8.69. The van der Waals surface area contributed by atoms with Crippen LogP contribution in [0.5, 0.6) is 0 Å². The van der Waals surface area contributed by atoms with E-state index in [0.717, 1.165) is 41.6 Å². The number of amides is 1. The molecule has 1 aliphatic heterocycles. The number of rotatable bonds is 9. The first kappa shape index (κ1) is 28.4. The van der Waals surface area contributed by atoms with Crippen molar-refractivity contribution in [3.63, 3.8) is 0 Å². The number of nitrogens with one attached hydrogen (secondary N) is 1. The van der Waals surface area contributed by atoms with Gasteiger partial charge in [0.2, 0.25) is 11.8 Å². The number of Topliss-reactive ketones (excluding diaryl/α,β-unsaturated/α-hetero) is 1. The summed E-state index contributed by atoms with van der Waals surface area (Å²) in [6, 6.07) is 1.82. The molecule has 2 aromatic rings. The first-order valence-electron chi connectivity index (χ1n) is 13.6. The van der Waals surface area contributed by atoms with Gasteiger partial charge in [-0.15, -0.1) is 21.5 Å². The molecule has 1 saturated heterocycles. The molecule has 1 saturated carbocycles. The molecule has 0 aromatic carbocycles. The van der Waals surface area contributed by atoms with Crippen LogP contribution in [0, 0.1) is 12.8 Å². The lowest BCUT2D eigenvalue weighted by Gasteiger charge is -2.37. The lowest BCUT2D eigenvalue weighted by atomic mass is 9.86. The average Bonchev–Trinajstić information content (AvgIpc) is 3.49. The zero-order valence-corrected chi connectivity index (χ0v) is 23.6. The molecule has 2 aromatic heterocycles. The van der Waals surface area contributed by atoms with E-state index in [-0.39, 0.29) is 55.4 Å². The summed E-state index contributed by atoms with van der Waals surface area (Å²) >= 11 is 1.45. The van der Waals surface area contributed by atoms with Crippen molar-refractivity contribution in [2.24, 2.45) is 5.92 Å². The van der Waals surface area contributed by atoms with Gasteiger partial charge < -0.3 is 14.8 Å². The molecule has 2 fully saturated rings. The number of hydrogen-bond acceptors (Lipinski definition) is 6. The second kappa shape index (κ2) is 11.6. The van der Waals surface area contributed by atoms with Crippen LogP contribution in [0.2, 0.25) is 0 Å². The van der Waals surface area contributed by atoms with Crippen LogP contribution in [0.4, 0.5) is 8.78 Å². The fourth-order valence-electron chi connectivity index (χ4n) is 5.57. The maximum atomic E-state index is 13.6. The third-order valence-corrected chi connectivity index (χ3v) is 8.93. The Morgan fingerprint density at radius 1 is 1.24 bits per heavy atom. The van der Waals surface area contributed by atoms with Crippen LogP contribution in [0.15, 0.2) is 23.7 Å². The number of likely N-dealkylation sites (tertiary alicyclic amines) is 1. The molecule has 1 N–H and O–H groups in total. The highest BCUT2D eigenvalue weighted by Gasteiger charge is 2.38. The van der Waals surface area contributed by atoms with E-state index in [1.165, 1.54) is 18.3 Å². The number of thiophene rings is 1. The van der Waals surface area contributed by atoms with Gasteiger partial charge >= 0.3 is 0 Å². The number of aryl methyl sites for hydroxylation is 1.